The lowest BCUT2D eigenvalue weighted by Crippen LogP contribution is -2.47. The number of nitrogens with zero attached hydrogens (tertiary/aromatic N) is 4. The van der Waals surface area contributed by atoms with Gasteiger partial charge in [-0.05, 0) is 94.1 Å². The van der Waals surface area contributed by atoms with Crippen molar-refractivity contribution in [1.29, 1.82) is 5.26 Å². The number of hydrogen-bond donors (Lipinski definition) is 2. The van der Waals surface area contributed by atoms with Crippen LogP contribution in [-0.2, 0) is 0 Å². The van der Waals surface area contributed by atoms with E-state index in [0.29, 0.717) is 35.6 Å². The van der Waals surface area contributed by atoms with Gasteiger partial charge < -0.3 is 20.3 Å². The van der Waals surface area contributed by atoms with E-state index in [2.05, 4.69) is 50.6 Å². The zero-order chi connectivity index (χ0) is 27.8. The molecule has 1 saturated heterocycles. The normalized spacial score (nSPS) is 15.8. The van der Waals surface area contributed by atoms with E-state index in [4.69, 9.17) is 10.00 Å². The molecular formula is C31H38N6O2. The van der Waals surface area contributed by atoms with Crippen LogP contribution in [0.1, 0.15) is 70.7 Å². The van der Waals surface area contributed by atoms with Crippen molar-refractivity contribution in [2.24, 2.45) is 0 Å². The van der Waals surface area contributed by atoms with E-state index in [-0.39, 0.29) is 11.9 Å². The van der Waals surface area contributed by atoms with E-state index in [0.717, 1.165) is 49.2 Å². The van der Waals surface area contributed by atoms with E-state index in [1.54, 1.807) is 26.3 Å². The van der Waals surface area contributed by atoms with Gasteiger partial charge >= 0.3 is 0 Å². The molecule has 8 nitrogen and oxygen atoms in total. The number of nitriles is 1. The van der Waals surface area contributed by atoms with Gasteiger partial charge in [-0.1, -0.05) is 18.2 Å². The molecule has 1 aromatic carbocycles. The Hall–Kier alpha value is -3.80. The topological polar surface area (TPSA) is 103 Å². The molecule has 0 aliphatic carbocycles. The van der Waals surface area contributed by atoms with E-state index in [9.17, 15) is 4.79 Å². The third kappa shape index (κ3) is 7.20. The second-order valence-corrected chi connectivity index (χ2v) is 10.3. The minimum atomic E-state index is -0.128. The van der Waals surface area contributed by atoms with Crippen molar-refractivity contribution in [2.75, 3.05) is 26.7 Å². The Bertz CT molecular complexity index is 1260. The van der Waals surface area contributed by atoms with Gasteiger partial charge in [0.1, 0.15) is 17.5 Å². The van der Waals surface area contributed by atoms with Crippen LogP contribution >= 0.6 is 0 Å². The Labute approximate surface area is 231 Å². The maximum atomic E-state index is 12.8. The van der Waals surface area contributed by atoms with Gasteiger partial charge in [0, 0.05) is 31.0 Å². The summed E-state index contributed by atoms with van der Waals surface area (Å²) in [6.07, 6.45) is 6.72. The Morgan fingerprint density at radius 1 is 1.18 bits per heavy atom. The highest BCUT2D eigenvalue weighted by atomic mass is 16.5. The fourth-order valence-corrected chi connectivity index (χ4v) is 5.37. The Balaban J connectivity index is 1.28. The third-order valence-electron chi connectivity index (χ3n) is 7.61. The number of amides is 1. The molecule has 1 fully saturated rings. The van der Waals surface area contributed by atoms with Crippen LogP contribution in [-0.4, -0.2) is 59.6 Å². The lowest BCUT2D eigenvalue weighted by molar-refractivity contribution is 0.0942. The van der Waals surface area contributed by atoms with Gasteiger partial charge in [0.25, 0.3) is 5.91 Å². The average Bonchev–Trinajstić information content (AvgIpc) is 2.96. The van der Waals surface area contributed by atoms with E-state index < -0.39 is 0 Å². The van der Waals surface area contributed by atoms with Gasteiger partial charge in [-0.25, -0.2) is 4.98 Å². The van der Waals surface area contributed by atoms with Crippen LogP contribution in [0.5, 0.6) is 5.75 Å². The standard InChI is InChI=1S/C31H38N6O2/c1-21-18-27(19-32)35-23(3)29(21)31(38)34-15-11-22(2)37-16-12-26(13-17-37)36-30(25-6-5-14-33-20-25)24-7-9-28(39-4)10-8-24/h5-10,14,18,20,22,26,30,36H,11-13,15-17H2,1-4H3,(H,34,38)/t22-,30?/m1/s1. The van der Waals surface area contributed by atoms with Gasteiger partial charge in [-0.3, -0.25) is 9.78 Å². The van der Waals surface area contributed by atoms with E-state index in [1.807, 2.05) is 37.4 Å². The first kappa shape index (κ1) is 28.2. The number of carbonyl (C=O) groups excluding carboxylic acids is 1. The van der Waals surface area contributed by atoms with Crippen LogP contribution in [0.4, 0.5) is 0 Å². The highest BCUT2D eigenvalue weighted by Gasteiger charge is 2.26. The molecule has 2 atom stereocenters. The summed E-state index contributed by atoms with van der Waals surface area (Å²) in [4.78, 5) is 23.9. The second kappa shape index (κ2) is 13.3. The molecule has 1 aliphatic heterocycles. The highest BCUT2D eigenvalue weighted by molar-refractivity contribution is 5.96. The van der Waals surface area contributed by atoms with Crippen molar-refractivity contribution in [3.8, 4) is 11.8 Å². The molecule has 4 rings (SSSR count). The van der Waals surface area contributed by atoms with E-state index >= 15 is 0 Å². The molecule has 2 aromatic heterocycles. The van der Waals surface area contributed by atoms with Gasteiger partial charge in [-0.15, -0.1) is 0 Å². The molecule has 1 aliphatic rings. The van der Waals surface area contributed by atoms with Crippen molar-refractivity contribution in [1.82, 2.24) is 25.5 Å². The van der Waals surface area contributed by atoms with Gasteiger partial charge in [0.2, 0.25) is 0 Å². The van der Waals surface area contributed by atoms with Crippen LogP contribution in [0.2, 0.25) is 0 Å². The molecule has 3 aromatic rings. The predicted octanol–water partition coefficient (Wildman–Crippen LogP) is 4.33. The maximum Gasteiger partial charge on any atom is 0.253 e. The lowest BCUT2D eigenvalue weighted by atomic mass is 9.96. The number of ether oxygens (including phenoxy) is 1. The molecule has 0 spiro atoms. The first-order chi connectivity index (χ1) is 18.9. The average molecular weight is 527 g/mol. The van der Waals surface area contributed by atoms with Crippen LogP contribution < -0.4 is 15.4 Å². The first-order valence-corrected chi connectivity index (χ1v) is 13.6. The van der Waals surface area contributed by atoms with Gasteiger partial charge in [0.05, 0.1) is 24.4 Å². The summed E-state index contributed by atoms with van der Waals surface area (Å²) in [5.41, 5.74) is 4.61. The number of rotatable bonds is 10. The largest absolute Gasteiger partial charge is 0.497 e. The van der Waals surface area contributed by atoms with Gasteiger partial charge in [-0.2, -0.15) is 5.26 Å². The van der Waals surface area contributed by atoms with Crippen LogP contribution in [0.25, 0.3) is 0 Å². The van der Waals surface area contributed by atoms with Crippen molar-refractivity contribution < 1.29 is 9.53 Å². The SMILES string of the molecule is COc1ccc(C(NC2CCN([C@H](C)CCNC(=O)c3c(C)cc(C#N)nc3C)CC2)c2cccnc2)cc1. The van der Waals surface area contributed by atoms with E-state index in [1.165, 1.54) is 5.56 Å². The number of likely N-dealkylation sites (tertiary alicyclic amines) is 1. The van der Waals surface area contributed by atoms with Crippen LogP contribution in [0.3, 0.4) is 0 Å². The molecule has 0 saturated carbocycles. The highest BCUT2D eigenvalue weighted by Crippen LogP contribution is 2.26. The minimum Gasteiger partial charge on any atom is -0.497 e. The van der Waals surface area contributed by atoms with Crippen LogP contribution in [0.15, 0.2) is 54.9 Å². The smallest absolute Gasteiger partial charge is 0.253 e. The lowest BCUT2D eigenvalue weighted by Gasteiger charge is -2.38. The number of aromatic nitrogens is 2. The monoisotopic (exact) mass is 526 g/mol. The Morgan fingerprint density at radius 2 is 1.92 bits per heavy atom. The minimum absolute atomic E-state index is 0.0671. The number of benzene rings is 1. The third-order valence-corrected chi connectivity index (χ3v) is 7.61. The number of hydrogen-bond acceptors (Lipinski definition) is 7. The predicted molar refractivity (Wildman–Crippen MR) is 152 cm³/mol. The molecule has 8 heteroatoms. The first-order valence-electron chi connectivity index (χ1n) is 13.6. The second-order valence-electron chi connectivity index (χ2n) is 10.3. The zero-order valence-electron chi connectivity index (χ0n) is 23.3. The van der Waals surface area contributed by atoms with Crippen molar-refractivity contribution in [3.63, 3.8) is 0 Å². The maximum absolute atomic E-state index is 12.8. The molecule has 39 heavy (non-hydrogen) atoms. The summed E-state index contributed by atoms with van der Waals surface area (Å²) in [5, 5.41) is 16.0. The molecular weight excluding hydrogens is 488 g/mol. The Kier molecular flexibility index (Phi) is 9.64. The number of pyridine rings is 2. The van der Waals surface area contributed by atoms with Crippen molar-refractivity contribution in [3.05, 3.63) is 88.5 Å². The van der Waals surface area contributed by atoms with Crippen molar-refractivity contribution >= 4 is 5.91 Å². The molecule has 0 bridgehead atoms. The van der Waals surface area contributed by atoms with Crippen LogP contribution in [0, 0.1) is 25.2 Å². The number of piperidine rings is 1. The summed E-state index contributed by atoms with van der Waals surface area (Å²) in [6, 6.07) is 16.9. The fourth-order valence-electron chi connectivity index (χ4n) is 5.37. The summed E-state index contributed by atoms with van der Waals surface area (Å²) in [7, 11) is 1.68. The Morgan fingerprint density at radius 3 is 2.54 bits per heavy atom. The molecule has 1 unspecified atom stereocenters. The molecule has 204 valence electrons. The molecule has 2 N–H and O–H groups in total. The molecule has 3 heterocycles. The summed E-state index contributed by atoms with van der Waals surface area (Å²) in [5.74, 6) is 0.720. The molecule has 1 amide bonds. The summed E-state index contributed by atoms with van der Waals surface area (Å²) < 4.78 is 5.35. The number of carbonyl (C=O) groups is 1. The van der Waals surface area contributed by atoms with Crippen molar-refractivity contribution in [2.45, 2.75) is 58.2 Å². The number of nitrogens with one attached hydrogen (secondary N) is 2. The summed E-state index contributed by atoms with van der Waals surface area (Å²) >= 11 is 0. The summed E-state index contributed by atoms with van der Waals surface area (Å²) in [6.45, 7) is 8.46. The fraction of sp³-hybridized carbons (Fsp3) is 0.419. The number of aryl methyl sites for hydroxylation is 2. The molecule has 0 radical (unpaired) electrons. The van der Waals surface area contributed by atoms with Gasteiger partial charge in [0.15, 0.2) is 0 Å². The number of methoxy groups -OCH3 is 1. The quantitative estimate of drug-likeness (QED) is 0.405. The zero-order valence-corrected chi connectivity index (χ0v) is 23.3.